The molecule has 0 spiro atoms. The summed E-state index contributed by atoms with van der Waals surface area (Å²) >= 11 is 1.49. The van der Waals surface area contributed by atoms with Crippen molar-refractivity contribution in [3.8, 4) is 23.0 Å². The van der Waals surface area contributed by atoms with Crippen molar-refractivity contribution in [2.24, 2.45) is 11.8 Å². The Morgan fingerprint density at radius 1 is 1.11 bits per heavy atom. The minimum Gasteiger partial charge on any atom is -0.502 e. The molecule has 0 amide bonds. The number of nitrogens with one attached hydrogen (secondary N) is 2. The number of fused-ring (bicyclic) bond motifs is 3. The molecule has 37 heavy (non-hydrogen) atoms. The lowest BCUT2D eigenvalue weighted by molar-refractivity contribution is -0.141. The molecule has 1 saturated heterocycles. The highest BCUT2D eigenvalue weighted by atomic mass is 32.1. The Morgan fingerprint density at radius 3 is 2.54 bits per heavy atom. The molecule has 6 rings (SSSR count). The van der Waals surface area contributed by atoms with Gasteiger partial charge in [0.25, 0.3) is 0 Å². The van der Waals surface area contributed by atoms with Crippen LogP contribution in [0.3, 0.4) is 0 Å². The number of aryl methyl sites for hydroxylation is 1. The smallest absolute Gasteiger partial charge is 0.310 e. The van der Waals surface area contributed by atoms with Gasteiger partial charge in [-0.15, -0.1) is 11.3 Å². The highest BCUT2D eigenvalue weighted by molar-refractivity contribution is 7.13. The number of carbonyl (C=O) groups excluding carboxylic acids is 1. The number of anilines is 1. The number of hydrogen-bond donors (Lipinski definition) is 3. The van der Waals surface area contributed by atoms with E-state index in [0.717, 1.165) is 32.1 Å². The van der Waals surface area contributed by atoms with Gasteiger partial charge in [-0.05, 0) is 60.0 Å². The van der Waals surface area contributed by atoms with Gasteiger partial charge in [0.1, 0.15) is 11.9 Å². The van der Waals surface area contributed by atoms with E-state index in [1.807, 2.05) is 31.2 Å². The number of rotatable bonds is 5. The number of hydrogen-bond acceptors (Lipinski definition) is 10. The number of benzene rings is 2. The minimum absolute atomic E-state index is 0.0586. The van der Waals surface area contributed by atoms with Gasteiger partial charge in [0.2, 0.25) is 11.6 Å². The number of carbonyl (C=O) groups is 1. The summed E-state index contributed by atoms with van der Waals surface area (Å²) in [5.74, 6) is -0.587. The molecule has 192 valence electrons. The lowest BCUT2D eigenvalue weighted by Crippen LogP contribution is -2.36. The standard InChI is InChI=1S/C27H26N2O7S/c1-12-4-5-21(37-12)26(28)36-25-15-8-17-18(35-11-29-17)9-14(15)22(23-16(25)10-34-27(23)31)13-6-19(32-2)24(30)20(7-13)33-3/h4-9,16,22-23,25,28-30H,10-11H2,1-3H3/t16-,22+,23-,25+/m0/s1. The lowest BCUT2D eigenvalue weighted by atomic mass is 9.66. The van der Waals surface area contributed by atoms with E-state index in [1.165, 1.54) is 25.6 Å². The number of esters is 1. The van der Waals surface area contributed by atoms with Crippen LogP contribution in [0.5, 0.6) is 23.0 Å². The van der Waals surface area contributed by atoms with Crippen molar-refractivity contribution in [1.82, 2.24) is 0 Å². The molecular formula is C27H26N2O7S. The highest BCUT2D eigenvalue weighted by Crippen LogP contribution is 2.56. The molecular weight excluding hydrogens is 496 g/mol. The van der Waals surface area contributed by atoms with Gasteiger partial charge in [-0.1, -0.05) is 0 Å². The van der Waals surface area contributed by atoms with Crippen molar-refractivity contribution in [2.45, 2.75) is 18.9 Å². The Hall–Kier alpha value is -3.92. The molecule has 3 N–H and O–H groups in total. The molecule has 3 aromatic rings. The summed E-state index contributed by atoms with van der Waals surface area (Å²) in [5.41, 5.74) is 3.24. The monoisotopic (exact) mass is 522 g/mol. The molecule has 0 bridgehead atoms. The molecule has 0 saturated carbocycles. The van der Waals surface area contributed by atoms with Crippen LogP contribution in [0.1, 0.15) is 38.5 Å². The summed E-state index contributed by atoms with van der Waals surface area (Å²) in [4.78, 5) is 15.0. The van der Waals surface area contributed by atoms with Crippen LogP contribution in [0, 0.1) is 24.2 Å². The van der Waals surface area contributed by atoms with Gasteiger partial charge in [0.05, 0.1) is 37.3 Å². The fraction of sp³-hybridized carbons (Fsp3) is 0.333. The Kier molecular flexibility index (Phi) is 5.63. The van der Waals surface area contributed by atoms with E-state index in [1.54, 1.807) is 12.1 Å². The molecule has 0 unspecified atom stereocenters. The van der Waals surface area contributed by atoms with Crippen LogP contribution in [-0.2, 0) is 14.3 Å². The topological polar surface area (TPSA) is 119 Å². The summed E-state index contributed by atoms with van der Waals surface area (Å²) in [7, 11) is 2.93. The van der Waals surface area contributed by atoms with Crippen LogP contribution in [0.4, 0.5) is 5.69 Å². The van der Waals surface area contributed by atoms with Crippen LogP contribution in [0.25, 0.3) is 0 Å². The second kappa shape index (κ2) is 8.88. The fourth-order valence-electron chi connectivity index (χ4n) is 5.59. The average Bonchev–Trinajstić information content (AvgIpc) is 3.63. The van der Waals surface area contributed by atoms with Gasteiger partial charge in [-0.2, -0.15) is 0 Å². The van der Waals surface area contributed by atoms with Gasteiger partial charge in [0.15, 0.2) is 18.2 Å². The first-order valence-electron chi connectivity index (χ1n) is 11.9. The van der Waals surface area contributed by atoms with Crippen molar-refractivity contribution in [2.75, 3.05) is 32.9 Å². The maximum atomic E-state index is 13.2. The maximum absolute atomic E-state index is 13.2. The third-order valence-electron chi connectivity index (χ3n) is 7.29. The van der Waals surface area contributed by atoms with Crippen molar-refractivity contribution in [1.29, 1.82) is 5.41 Å². The summed E-state index contributed by atoms with van der Waals surface area (Å²) in [6, 6.07) is 11.2. The van der Waals surface area contributed by atoms with E-state index in [-0.39, 0.29) is 41.6 Å². The molecule has 10 heteroatoms. The second-order valence-electron chi connectivity index (χ2n) is 9.29. The van der Waals surface area contributed by atoms with Gasteiger partial charge in [-0.3, -0.25) is 10.2 Å². The zero-order valence-electron chi connectivity index (χ0n) is 20.5. The van der Waals surface area contributed by atoms with Gasteiger partial charge < -0.3 is 34.1 Å². The van der Waals surface area contributed by atoms with Crippen LogP contribution in [0.2, 0.25) is 0 Å². The third-order valence-corrected chi connectivity index (χ3v) is 8.29. The Balaban J connectivity index is 1.52. The predicted molar refractivity (Wildman–Crippen MR) is 136 cm³/mol. The zero-order valence-corrected chi connectivity index (χ0v) is 21.3. The largest absolute Gasteiger partial charge is 0.502 e. The molecule has 2 aliphatic heterocycles. The summed E-state index contributed by atoms with van der Waals surface area (Å²) in [5, 5.41) is 22.4. The van der Waals surface area contributed by atoms with Crippen LogP contribution >= 0.6 is 11.3 Å². The van der Waals surface area contributed by atoms with Gasteiger partial charge >= 0.3 is 5.97 Å². The number of phenols is 1. The fourth-order valence-corrected chi connectivity index (χ4v) is 6.35. The number of aromatic hydroxyl groups is 1. The Morgan fingerprint density at radius 2 is 1.86 bits per heavy atom. The molecule has 1 aliphatic carbocycles. The molecule has 0 radical (unpaired) electrons. The second-order valence-corrected chi connectivity index (χ2v) is 10.6. The van der Waals surface area contributed by atoms with Crippen LogP contribution in [0.15, 0.2) is 36.4 Å². The van der Waals surface area contributed by atoms with E-state index >= 15 is 0 Å². The van der Waals surface area contributed by atoms with Crippen molar-refractivity contribution >= 4 is 28.9 Å². The van der Waals surface area contributed by atoms with E-state index < -0.39 is 17.9 Å². The number of thiophene rings is 1. The number of phenolic OH excluding ortho intramolecular Hbond substituents is 1. The van der Waals surface area contributed by atoms with Gasteiger partial charge in [-0.25, -0.2) is 0 Å². The number of methoxy groups -OCH3 is 2. The summed E-state index contributed by atoms with van der Waals surface area (Å²) < 4.78 is 28.5. The average molecular weight is 523 g/mol. The van der Waals surface area contributed by atoms with Crippen molar-refractivity contribution in [3.05, 3.63) is 62.8 Å². The lowest BCUT2D eigenvalue weighted by Gasteiger charge is -2.39. The Labute approximate surface area is 217 Å². The van der Waals surface area contributed by atoms with E-state index in [0.29, 0.717) is 12.5 Å². The molecule has 9 nitrogen and oxygen atoms in total. The molecule has 3 heterocycles. The quantitative estimate of drug-likeness (QED) is 0.254. The van der Waals surface area contributed by atoms with Gasteiger partial charge in [0, 0.05) is 16.7 Å². The van der Waals surface area contributed by atoms with Crippen LogP contribution < -0.4 is 19.5 Å². The van der Waals surface area contributed by atoms with E-state index in [9.17, 15) is 9.90 Å². The SMILES string of the molecule is COc1cc([C@@H]2c3cc4c(cc3[C@@H](OC(=N)c3ccc(C)s3)[C@H]3COC(=O)[C@H]23)NCO4)cc(OC)c1O. The minimum atomic E-state index is -0.582. The molecule has 1 fully saturated rings. The predicted octanol–water partition coefficient (Wildman–Crippen LogP) is 4.56. The molecule has 4 atom stereocenters. The number of ether oxygens (including phenoxy) is 5. The highest BCUT2D eigenvalue weighted by Gasteiger charge is 2.54. The first-order chi connectivity index (χ1) is 17.9. The van der Waals surface area contributed by atoms with Crippen LogP contribution in [-0.4, -0.2) is 44.5 Å². The first-order valence-corrected chi connectivity index (χ1v) is 12.7. The van der Waals surface area contributed by atoms with Crippen molar-refractivity contribution < 1.29 is 33.6 Å². The Bertz CT molecular complexity index is 1390. The van der Waals surface area contributed by atoms with E-state index in [2.05, 4.69) is 5.32 Å². The maximum Gasteiger partial charge on any atom is 0.310 e. The molecule has 1 aromatic heterocycles. The number of cyclic esters (lactones) is 1. The molecule has 3 aliphatic rings. The third kappa shape index (κ3) is 3.74. The summed E-state index contributed by atoms with van der Waals surface area (Å²) in [6.07, 6.45) is -0.578. The first kappa shape index (κ1) is 23.5. The van der Waals surface area contributed by atoms with E-state index in [4.69, 9.17) is 29.1 Å². The summed E-state index contributed by atoms with van der Waals surface area (Å²) in [6.45, 7) is 2.50. The normalized spacial score (nSPS) is 23.2. The zero-order chi connectivity index (χ0) is 25.8. The van der Waals surface area contributed by atoms with Crippen molar-refractivity contribution in [3.63, 3.8) is 0 Å². The molecule has 2 aromatic carbocycles.